The van der Waals surface area contributed by atoms with E-state index in [0.717, 1.165) is 37.4 Å². The molecule has 20 heavy (non-hydrogen) atoms. The Hall–Kier alpha value is -1.36. The summed E-state index contributed by atoms with van der Waals surface area (Å²) < 4.78 is 0. The molecule has 0 saturated carbocycles. The van der Waals surface area contributed by atoms with Crippen LogP contribution >= 0.6 is 0 Å². The van der Waals surface area contributed by atoms with Crippen molar-refractivity contribution < 1.29 is 0 Å². The smallest absolute Gasteiger partial charge is 0.224 e. The van der Waals surface area contributed by atoms with Crippen molar-refractivity contribution in [3.05, 3.63) is 11.8 Å². The summed E-state index contributed by atoms with van der Waals surface area (Å²) in [7, 11) is 0. The molecule has 0 spiro atoms. The summed E-state index contributed by atoms with van der Waals surface area (Å²) in [6.07, 6.45) is 5.86. The number of hydrogen-bond acceptors (Lipinski definition) is 5. The van der Waals surface area contributed by atoms with Gasteiger partial charge < -0.3 is 10.2 Å². The van der Waals surface area contributed by atoms with Crippen LogP contribution in [0.2, 0.25) is 0 Å². The normalized spacial score (nSPS) is 23.5. The van der Waals surface area contributed by atoms with Crippen molar-refractivity contribution in [2.45, 2.75) is 39.2 Å². The second-order valence-corrected chi connectivity index (χ2v) is 5.86. The standard InChI is InChI=1S/C15H25N5/c1-3-16-15-17-10-12(2)14(18-15)20-9-5-8-19-7-4-6-13(19)11-20/h10,13H,3-9,11H2,1-2H3,(H,16,17,18). The van der Waals surface area contributed by atoms with Crippen LogP contribution in [0.5, 0.6) is 0 Å². The minimum atomic E-state index is 0.717. The number of nitrogens with one attached hydrogen (secondary N) is 1. The van der Waals surface area contributed by atoms with Gasteiger partial charge >= 0.3 is 0 Å². The predicted molar refractivity (Wildman–Crippen MR) is 82.4 cm³/mol. The average molecular weight is 275 g/mol. The van der Waals surface area contributed by atoms with Gasteiger partial charge in [-0.3, -0.25) is 4.90 Å². The molecule has 110 valence electrons. The van der Waals surface area contributed by atoms with Crippen molar-refractivity contribution in [2.24, 2.45) is 0 Å². The SMILES string of the molecule is CCNc1ncc(C)c(N2CCCN3CCCC3C2)n1. The van der Waals surface area contributed by atoms with Crippen LogP contribution in [0.15, 0.2) is 6.20 Å². The van der Waals surface area contributed by atoms with Gasteiger partial charge in [0.1, 0.15) is 5.82 Å². The second kappa shape index (κ2) is 5.95. The molecule has 3 rings (SSSR count). The van der Waals surface area contributed by atoms with Gasteiger partial charge in [0.05, 0.1) is 0 Å². The summed E-state index contributed by atoms with van der Waals surface area (Å²) in [6, 6.07) is 0.717. The van der Waals surface area contributed by atoms with Gasteiger partial charge in [0, 0.05) is 44.0 Å². The lowest BCUT2D eigenvalue weighted by molar-refractivity contribution is 0.273. The molecule has 5 heteroatoms. The van der Waals surface area contributed by atoms with E-state index in [1.807, 2.05) is 6.20 Å². The molecule has 1 aromatic heterocycles. The second-order valence-electron chi connectivity index (χ2n) is 5.86. The fourth-order valence-electron chi connectivity index (χ4n) is 3.40. The maximum atomic E-state index is 4.73. The molecule has 1 atom stereocenters. The van der Waals surface area contributed by atoms with Gasteiger partial charge in [-0.05, 0) is 39.7 Å². The maximum absolute atomic E-state index is 4.73. The lowest BCUT2D eigenvalue weighted by Gasteiger charge is -2.27. The molecule has 1 unspecified atom stereocenters. The fourth-order valence-corrected chi connectivity index (χ4v) is 3.40. The van der Waals surface area contributed by atoms with Gasteiger partial charge in [-0.2, -0.15) is 4.98 Å². The summed E-state index contributed by atoms with van der Waals surface area (Å²) in [4.78, 5) is 14.2. The number of fused-ring (bicyclic) bond motifs is 1. The van der Waals surface area contributed by atoms with Crippen LogP contribution in [-0.4, -0.2) is 53.6 Å². The van der Waals surface area contributed by atoms with Crippen molar-refractivity contribution >= 4 is 11.8 Å². The largest absolute Gasteiger partial charge is 0.355 e. The molecule has 3 heterocycles. The Labute approximate surface area is 121 Å². The van der Waals surface area contributed by atoms with E-state index in [0.29, 0.717) is 0 Å². The van der Waals surface area contributed by atoms with Gasteiger partial charge in [0.15, 0.2) is 0 Å². The third-order valence-electron chi connectivity index (χ3n) is 4.38. The van der Waals surface area contributed by atoms with Crippen LogP contribution < -0.4 is 10.2 Å². The van der Waals surface area contributed by atoms with E-state index in [4.69, 9.17) is 4.98 Å². The predicted octanol–water partition coefficient (Wildman–Crippen LogP) is 1.89. The number of nitrogens with zero attached hydrogens (tertiary/aromatic N) is 4. The van der Waals surface area contributed by atoms with Crippen LogP contribution in [-0.2, 0) is 0 Å². The number of aromatic nitrogens is 2. The summed E-state index contributed by atoms with van der Waals surface area (Å²) in [5.74, 6) is 1.87. The molecular formula is C15H25N5. The molecule has 2 aliphatic rings. The molecule has 0 bridgehead atoms. The number of aryl methyl sites for hydroxylation is 1. The van der Waals surface area contributed by atoms with Crippen molar-refractivity contribution in [2.75, 3.05) is 42.9 Å². The number of hydrogen-bond donors (Lipinski definition) is 1. The summed E-state index contributed by atoms with van der Waals surface area (Å²) in [6.45, 7) is 9.79. The third-order valence-corrected chi connectivity index (χ3v) is 4.38. The monoisotopic (exact) mass is 275 g/mol. The zero-order chi connectivity index (χ0) is 13.9. The molecule has 2 aliphatic heterocycles. The highest BCUT2D eigenvalue weighted by atomic mass is 15.3. The first kappa shape index (κ1) is 13.6. The van der Waals surface area contributed by atoms with E-state index >= 15 is 0 Å². The Morgan fingerprint density at radius 3 is 3.00 bits per heavy atom. The van der Waals surface area contributed by atoms with E-state index in [2.05, 4.69) is 33.9 Å². The highest BCUT2D eigenvalue weighted by molar-refractivity contribution is 5.49. The maximum Gasteiger partial charge on any atom is 0.224 e. The molecule has 0 amide bonds. The highest BCUT2D eigenvalue weighted by Crippen LogP contribution is 2.26. The molecule has 0 aromatic carbocycles. The number of rotatable bonds is 3. The van der Waals surface area contributed by atoms with E-state index < -0.39 is 0 Å². The Morgan fingerprint density at radius 2 is 2.15 bits per heavy atom. The van der Waals surface area contributed by atoms with E-state index in [1.165, 1.54) is 37.9 Å². The lowest BCUT2D eigenvalue weighted by Crippen LogP contribution is -2.37. The molecule has 0 radical (unpaired) electrons. The van der Waals surface area contributed by atoms with Crippen molar-refractivity contribution in [1.29, 1.82) is 0 Å². The Balaban J connectivity index is 1.81. The lowest BCUT2D eigenvalue weighted by atomic mass is 10.2. The zero-order valence-electron chi connectivity index (χ0n) is 12.6. The van der Waals surface area contributed by atoms with E-state index in [-0.39, 0.29) is 0 Å². The number of anilines is 2. The van der Waals surface area contributed by atoms with Gasteiger partial charge in [-0.25, -0.2) is 4.98 Å². The summed E-state index contributed by atoms with van der Waals surface area (Å²) >= 11 is 0. The van der Waals surface area contributed by atoms with Gasteiger partial charge in [0.25, 0.3) is 0 Å². The molecular weight excluding hydrogens is 250 g/mol. The van der Waals surface area contributed by atoms with E-state index in [1.54, 1.807) is 0 Å². The first-order valence-electron chi connectivity index (χ1n) is 7.84. The molecule has 2 saturated heterocycles. The van der Waals surface area contributed by atoms with Gasteiger partial charge in [-0.15, -0.1) is 0 Å². The van der Waals surface area contributed by atoms with E-state index in [9.17, 15) is 0 Å². The zero-order valence-corrected chi connectivity index (χ0v) is 12.6. The first-order chi connectivity index (χ1) is 9.78. The van der Waals surface area contributed by atoms with Crippen LogP contribution in [0.1, 0.15) is 31.7 Å². The minimum Gasteiger partial charge on any atom is -0.355 e. The highest BCUT2D eigenvalue weighted by Gasteiger charge is 2.29. The Bertz CT molecular complexity index is 462. The van der Waals surface area contributed by atoms with Crippen molar-refractivity contribution in [3.63, 3.8) is 0 Å². The first-order valence-corrected chi connectivity index (χ1v) is 7.84. The molecule has 1 N–H and O–H groups in total. The summed E-state index contributed by atoms with van der Waals surface area (Å²) in [5, 5.41) is 3.22. The fraction of sp³-hybridized carbons (Fsp3) is 0.733. The van der Waals surface area contributed by atoms with Crippen LogP contribution in [0.4, 0.5) is 11.8 Å². The minimum absolute atomic E-state index is 0.717. The summed E-state index contributed by atoms with van der Waals surface area (Å²) in [5.41, 5.74) is 1.18. The molecule has 0 aliphatic carbocycles. The molecule has 5 nitrogen and oxygen atoms in total. The average Bonchev–Trinajstić information content (AvgIpc) is 2.79. The molecule has 1 aromatic rings. The molecule has 2 fully saturated rings. The van der Waals surface area contributed by atoms with Crippen molar-refractivity contribution in [1.82, 2.24) is 14.9 Å². The van der Waals surface area contributed by atoms with Crippen LogP contribution in [0, 0.1) is 6.92 Å². The van der Waals surface area contributed by atoms with Crippen LogP contribution in [0.25, 0.3) is 0 Å². The quantitative estimate of drug-likeness (QED) is 0.912. The van der Waals surface area contributed by atoms with Gasteiger partial charge in [0.2, 0.25) is 5.95 Å². The topological polar surface area (TPSA) is 44.3 Å². The van der Waals surface area contributed by atoms with Gasteiger partial charge in [-0.1, -0.05) is 0 Å². The Kier molecular flexibility index (Phi) is 4.05. The van der Waals surface area contributed by atoms with Crippen LogP contribution in [0.3, 0.4) is 0 Å². The third kappa shape index (κ3) is 2.73. The Morgan fingerprint density at radius 1 is 1.30 bits per heavy atom. The van der Waals surface area contributed by atoms with Crippen molar-refractivity contribution in [3.8, 4) is 0 Å².